The summed E-state index contributed by atoms with van der Waals surface area (Å²) in [5.41, 5.74) is 8.41. The lowest BCUT2D eigenvalue weighted by Gasteiger charge is -2.17. The van der Waals surface area contributed by atoms with Crippen molar-refractivity contribution in [2.24, 2.45) is 0 Å². The maximum absolute atomic E-state index is 11.4. The van der Waals surface area contributed by atoms with E-state index in [2.05, 4.69) is 45.9 Å². The van der Waals surface area contributed by atoms with Crippen molar-refractivity contribution in [3.8, 4) is 11.1 Å². The van der Waals surface area contributed by atoms with Crippen molar-refractivity contribution >= 4 is 6.29 Å². The molecule has 0 bridgehead atoms. The quantitative estimate of drug-likeness (QED) is 0.691. The topological polar surface area (TPSA) is 17.1 Å². The zero-order valence-corrected chi connectivity index (χ0v) is 13.5. The molecule has 0 aliphatic rings. The van der Waals surface area contributed by atoms with Crippen LogP contribution in [0, 0.1) is 6.92 Å². The number of carbonyl (C=O) groups excluding carboxylic acids is 1. The zero-order chi connectivity index (χ0) is 15.4. The molecule has 2 rings (SSSR count). The van der Waals surface area contributed by atoms with E-state index in [-0.39, 0.29) is 0 Å². The first-order valence-electron chi connectivity index (χ1n) is 7.85. The Morgan fingerprint density at radius 2 is 1.52 bits per heavy atom. The van der Waals surface area contributed by atoms with E-state index in [9.17, 15) is 4.79 Å². The molecule has 1 heteroatoms. The van der Waals surface area contributed by atoms with Crippen molar-refractivity contribution < 1.29 is 4.79 Å². The molecular weight excluding hydrogens is 256 g/mol. The molecule has 0 atom stereocenters. The van der Waals surface area contributed by atoms with E-state index in [1.54, 1.807) is 0 Å². The van der Waals surface area contributed by atoms with Gasteiger partial charge in [-0.1, -0.05) is 56.7 Å². The summed E-state index contributed by atoms with van der Waals surface area (Å²) < 4.78 is 0. The Hall–Kier alpha value is -1.89. The summed E-state index contributed by atoms with van der Waals surface area (Å²) in [4.78, 5) is 11.4. The molecule has 0 unspecified atom stereocenters. The van der Waals surface area contributed by atoms with Crippen LogP contribution in [-0.4, -0.2) is 6.29 Å². The van der Waals surface area contributed by atoms with Gasteiger partial charge in [0.15, 0.2) is 6.29 Å². The van der Waals surface area contributed by atoms with Crippen LogP contribution in [0.1, 0.15) is 53.4 Å². The van der Waals surface area contributed by atoms with E-state index in [4.69, 9.17) is 0 Å². The average Bonchev–Trinajstić information content (AvgIpc) is 2.53. The number of hydrogen-bond acceptors (Lipinski definition) is 1. The van der Waals surface area contributed by atoms with Crippen molar-refractivity contribution in [3.63, 3.8) is 0 Å². The molecule has 1 nitrogen and oxygen atoms in total. The molecule has 110 valence electrons. The van der Waals surface area contributed by atoms with E-state index in [1.165, 1.54) is 27.8 Å². The van der Waals surface area contributed by atoms with E-state index < -0.39 is 0 Å². The van der Waals surface area contributed by atoms with E-state index >= 15 is 0 Å². The van der Waals surface area contributed by atoms with Gasteiger partial charge >= 0.3 is 0 Å². The average molecular weight is 280 g/mol. The fourth-order valence-electron chi connectivity index (χ4n) is 2.94. The van der Waals surface area contributed by atoms with Gasteiger partial charge in [0.2, 0.25) is 0 Å². The molecule has 0 N–H and O–H groups in total. The summed E-state index contributed by atoms with van der Waals surface area (Å²) in [6, 6.07) is 10.7. The van der Waals surface area contributed by atoms with Gasteiger partial charge in [0.1, 0.15) is 0 Å². The molecule has 21 heavy (non-hydrogen) atoms. The lowest BCUT2D eigenvalue weighted by molar-refractivity contribution is 0.112. The molecule has 0 fully saturated rings. The van der Waals surface area contributed by atoms with Crippen LogP contribution in [0.25, 0.3) is 11.1 Å². The Labute approximate surface area is 128 Å². The molecule has 0 saturated carbocycles. The summed E-state index contributed by atoms with van der Waals surface area (Å²) >= 11 is 0. The number of aldehydes is 1. The van der Waals surface area contributed by atoms with Crippen molar-refractivity contribution in [1.29, 1.82) is 0 Å². The number of hydrogen-bond donors (Lipinski definition) is 0. The second-order valence-corrected chi connectivity index (χ2v) is 5.56. The Morgan fingerprint density at radius 1 is 0.905 bits per heavy atom. The predicted molar refractivity (Wildman–Crippen MR) is 90.1 cm³/mol. The molecule has 0 spiro atoms. The van der Waals surface area contributed by atoms with Crippen LogP contribution in [0.5, 0.6) is 0 Å². The standard InChI is InChI=1S/C20H24O/c1-5-15-11-16(6-2)20(17(7-3)12-15)19-10-14(4)8-9-18(19)13-21/h8-13H,5-7H2,1-4H3. The Morgan fingerprint density at radius 3 is 2.00 bits per heavy atom. The predicted octanol–water partition coefficient (Wildman–Crippen LogP) is 5.16. The first-order valence-corrected chi connectivity index (χ1v) is 7.85. The summed E-state index contributed by atoms with van der Waals surface area (Å²) in [7, 11) is 0. The van der Waals surface area contributed by atoms with E-state index in [1.807, 2.05) is 12.1 Å². The van der Waals surface area contributed by atoms with Crippen LogP contribution in [0.2, 0.25) is 0 Å². The molecule has 2 aromatic carbocycles. The minimum atomic E-state index is 0.786. The summed E-state index contributed by atoms with van der Waals surface area (Å²) in [5.74, 6) is 0. The van der Waals surface area contributed by atoms with Crippen LogP contribution in [-0.2, 0) is 19.3 Å². The fourth-order valence-corrected chi connectivity index (χ4v) is 2.94. The first kappa shape index (κ1) is 15.5. The van der Waals surface area contributed by atoms with Gasteiger partial charge in [-0.05, 0) is 54.0 Å². The molecule has 0 amide bonds. The Kier molecular flexibility index (Phi) is 4.95. The normalized spacial score (nSPS) is 10.7. The number of aryl methyl sites for hydroxylation is 4. The van der Waals surface area contributed by atoms with Crippen molar-refractivity contribution in [3.05, 3.63) is 58.1 Å². The van der Waals surface area contributed by atoms with Gasteiger partial charge in [-0.25, -0.2) is 0 Å². The third-order valence-electron chi connectivity index (χ3n) is 4.14. The minimum Gasteiger partial charge on any atom is -0.298 e. The number of rotatable bonds is 5. The summed E-state index contributed by atoms with van der Waals surface area (Å²) in [6.07, 6.45) is 4.00. The maximum atomic E-state index is 11.4. The highest BCUT2D eigenvalue weighted by atomic mass is 16.1. The van der Waals surface area contributed by atoms with Crippen molar-refractivity contribution in [1.82, 2.24) is 0 Å². The van der Waals surface area contributed by atoms with Gasteiger partial charge in [0.25, 0.3) is 0 Å². The largest absolute Gasteiger partial charge is 0.298 e. The van der Waals surface area contributed by atoms with Crippen LogP contribution < -0.4 is 0 Å². The van der Waals surface area contributed by atoms with Crippen molar-refractivity contribution in [2.45, 2.75) is 47.0 Å². The van der Waals surface area contributed by atoms with Crippen LogP contribution in [0.15, 0.2) is 30.3 Å². The molecule has 2 aromatic rings. The molecule has 0 heterocycles. The number of benzene rings is 2. The SMILES string of the molecule is CCc1cc(CC)c(-c2cc(C)ccc2C=O)c(CC)c1. The highest BCUT2D eigenvalue weighted by Gasteiger charge is 2.14. The highest BCUT2D eigenvalue weighted by Crippen LogP contribution is 2.33. The lowest BCUT2D eigenvalue weighted by atomic mass is 9.87. The minimum absolute atomic E-state index is 0.786. The Balaban J connectivity index is 2.78. The van der Waals surface area contributed by atoms with E-state index in [0.29, 0.717) is 0 Å². The molecule has 0 radical (unpaired) electrons. The molecule has 0 aliphatic carbocycles. The molecule has 0 saturated heterocycles. The number of carbonyl (C=O) groups is 1. The highest BCUT2D eigenvalue weighted by molar-refractivity contribution is 5.90. The maximum Gasteiger partial charge on any atom is 0.150 e. The van der Waals surface area contributed by atoms with Crippen LogP contribution in [0.3, 0.4) is 0 Å². The summed E-state index contributed by atoms with van der Waals surface area (Å²) in [5, 5.41) is 0. The smallest absolute Gasteiger partial charge is 0.150 e. The van der Waals surface area contributed by atoms with Gasteiger partial charge in [-0.2, -0.15) is 0 Å². The zero-order valence-electron chi connectivity index (χ0n) is 13.5. The monoisotopic (exact) mass is 280 g/mol. The van der Waals surface area contributed by atoms with Crippen LogP contribution >= 0.6 is 0 Å². The first-order chi connectivity index (χ1) is 10.1. The summed E-state index contributed by atoms with van der Waals surface area (Å²) in [6.45, 7) is 8.65. The second-order valence-electron chi connectivity index (χ2n) is 5.56. The Bertz CT molecular complexity index is 628. The molecule has 0 aliphatic heterocycles. The van der Waals surface area contributed by atoms with Gasteiger partial charge in [0, 0.05) is 5.56 Å². The fraction of sp³-hybridized carbons (Fsp3) is 0.350. The molecular formula is C20H24O. The van der Waals surface area contributed by atoms with E-state index in [0.717, 1.165) is 36.7 Å². The van der Waals surface area contributed by atoms with Gasteiger partial charge in [0.05, 0.1) is 0 Å². The van der Waals surface area contributed by atoms with Crippen LogP contribution in [0.4, 0.5) is 0 Å². The second kappa shape index (κ2) is 6.71. The van der Waals surface area contributed by atoms with Gasteiger partial charge in [-0.3, -0.25) is 4.79 Å². The lowest BCUT2D eigenvalue weighted by Crippen LogP contribution is -2.00. The molecule has 0 aromatic heterocycles. The van der Waals surface area contributed by atoms with Gasteiger partial charge in [-0.15, -0.1) is 0 Å². The van der Waals surface area contributed by atoms with Crippen molar-refractivity contribution in [2.75, 3.05) is 0 Å². The third-order valence-corrected chi connectivity index (χ3v) is 4.14. The third kappa shape index (κ3) is 3.07. The van der Waals surface area contributed by atoms with Gasteiger partial charge < -0.3 is 0 Å².